The summed E-state index contributed by atoms with van der Waals surface area (Å²) in [6, 6.07) is 13.9. The molecule has 0 spiro atoms. The van der Waals surface area contributed by atoms with Crippen LogP contribution in [0, 0.1) is 5.82 Å². The maximum Gasteiger partial charge on any atom is 0.243 e. The van der Waals surface area contributed by atoms with E-state index in [0.717, 1.165) is 5.69 Å². The molecule has 0 aliphatic heterocycles. The number of nitrogens with one attached hydrogen (secondary N) is 1. The van der Waals surface area contributed by atoms with Crippen molar-refractivity contribution in [1.29, 1.82) is 0 Å². The Hall–Kier alpha value is -3.29. The standard InChI is InChI=1S/C17H17FN6O/c1-2-23(13-6-4-3-5-7-13)11-17(25)20-16-10-14(8-9-15(16)18)24-12-19-21-22-24/h3-10,12H,2,11H2,1H3,(H,20,25). The number of tetrazole rings is 1. The Kier molecular flexibility index (Phi) is 4.98. The number of anilines is 2. The zero-order valence-electron chi connectivity index (χ0n) is 13.6. The molecule has 8 heteroatoms. The molecule has 1 N–H and O–H groups in total. The van der Waals surface area contributed by atoms with Gasteiger partial charge >= 0.3 is 0 Å². The highest BCUT2D eigenvalue weighted by atomic mass is 19.1. The van der Waals surface area contributed by atoms with Gasteiger partial charge in [0.25, 0.3) is 0 Å². The maximum absolute atomic E-state index is 14.0. The normalized spacial score (nSPS) is 10.5. The number of likely N-dealkylation sites (N-methyl/N-ethyl adjacent to an activating group) is 1. The highest BCUT2D eigenvalue weighted by molar-refractivity contribution is 5.94. The lowest BCUT2D eigenvalue weighted by Crippen LogP contribution is -2.33. The smallest absolute Gasteiger partial charge is 0.243 e. The lowest BCUT2D eigenvalue weighted by atomic mass is 10.2. The second-order valence-corrected chi connectivity index (χ2v) is 5.32. The van der Waals surface area contributed by atoms with Crippen LogP contribution in [-0.2, 0) is 4.79 Å². The molecule has 128 valence electrons. The molecule has 0 aliphatic rings. The van der Waals surface area contributed by atoms with E-state index in [1.165, 1.54) is 29.2 Å². The summed E-state index contributed by atoms with van der Waals surface area (Å²) < 4.78 is 15.4. The van der Waals surface area contributed by atoms with Gasteiger partial charge < -0.3 is 10.2 Å². The van der Waals surface area contributed by atoms with Crippen molar-refractivity contribution in [1.82, 2.24) is 20.2 Å². The summed E-state index contributed by atoms with van der Waals surface area (Å²) >= 11 is 0. The van der Waals surface area contributed by atoms with Crippen molar-refractivity contribution in [2.45, 2.75) is 6.92 Å². The summed E-state index contributed by atoms with van der Waals surface area (Å²) in [5, 5.41) is 13.4. The number of carbonyl (C=O) groups excluding carboxylic acids is 1. The van der Waals surface area contributed by atoms with E-state index in [1.54, 1.807) is 0 Å². The van der Waals surface area contributed by atoms with Gasteiger partial charge in [0.2, 0.25) is 5.91 Å². The number of rotatable bonds is 6. The predicted octanol–water partition coefficient (Wildman–Crippen LogP) is 2.27. The summed E-state index contributed by atoms with van der Waals surface area (Å²) in [4.78, 5) is 14.2. The van der Waals surface area contributed by atoms with Crippen LogP contribution in [-0.4, -0.2) is 39.2 Å². The molecule has 2 aromatic carbocycles. The SMILES string of the molecule is CCN(CC(=O)Nc1cc(-n2cnnn2)ccc1F)c1ccccc1. The van der Waals surface area contributed by atoms with Crippen molar-refractivity contribution in [3.8, 4) is 5.69 Å². The number of para-hydroxylation sites is 1. The molecule has 0 bridgehead atoms. The van der Waals surface area contributed by atoms with Gasteiger partial charge in [0.05, 0.1) is 17.9 Å². The Balaban J connectivity index is 1.73. The fraction of sp³-hybridized carbons (Fsp3) is 0.176. The molecular formula is C17H17FN6O. The van der Waals surface area contributed by atoms with Gasteiger partial charge in [-0.2, -0.15) is 0 Å². The van der Waals surface area contributed by atoms with Gasteiger partial charge in [-0.3, -0.25) is 4.79 Å². The van der Waals surface area contributed by atoms with Crippen molar-refractivity contribution in [2.75, 3.05) is 23.3 Å². The van der Waals surface area contributed by atoms with Crippen molar-refractivity contribution in [2.24, 2.45) is 0 Å². The first-order valence-electron chi connectivity index (χ1n) is 7.80. The van der Waals surface area contributed by atoms with Gasteiger partial charge in [-0.1, -0.05) is 18.2 Å². The van der Waals surface area contributed by atoms with Gasteiger partial charge in [-0.05, 0) is 47.7 Å². The minimum absolute atomic E-state index is 0.0853. The van der Waals surface area contributed by atoms with Crippen LogP contribution >= 0.6 is 0 Å². The fourth-order valence-electron chi connectivity index (χ4n) is 2.42. The predicted molar refractivity (Wildman–Crippen MR) is 92.1 cm³/mol. The van der Waals surface area contributed by atoms with Crippen molar-refractivity contribution >= 4 is 17.3 Å². The van der Waals surface area contributed by atoms with Crippen molar-refractivity contribution in [3.05, 3.63) is 60.7 Å². The Morgan fingerprint density at radius 3 is 2.72 bits per heavy atom. The first kappa shape index (κ1) is 16.6. The zero-order chi connectivity index (χ0) is 17.6. The number of benzene rings is 2. The van der Waals surface area contributed by atoms with Gasteiger partial charge in [-0.25, -0.2) is 9.07 Å². The second-order valence-electron chi connectivity index (χ2n) is 5.32. The van der Waals surface area contributed by atoms with E-state index in [0.29, 0.717) is 12.2 Å². The second kappa shape index (κ2) is 7.52. The third-order valence-electron chi connectivity index (χ3n) is 3.68. The molecule has 0 unspecified atom stereocenters. The van der Waals surface area contributed by atoms with Crippen LogP contribution < -0.4 is 10.2 Å². The number of carbonyl (C=O) groups is 1. The summed E-state index contributed by atoms with van der Waals surface area (Å²) in [6.07, 6.45) is 1.40. The third-order valence-corrected chi connectivity index (χ3v) is 3.68. The van der Waals surface area contributed by atoms with Crippen LogP contribution in [0.5, 0.6) is 0 Å². The zero-order valence-corrected chi connectivity index (χ0v) is 13.6. The van der Waals surface area contributed by atoms with Crippen LogP contribution in [0.2, 0.25) is 0 Å². The molecule has 0 saturated heterocycles. The molecule has 1 aromatic heterocycles. The molecule has 1 heterocycles. The quantitative estimate of drug-likeness (QED) is 0.745. The van der Waals surface area contributed by atoms with Crippen LogP contribution in [0.4, 0.5) is 15.8 Å². The number of hydrogen-bond donors (Lipinski definition) is 1. The highest BCUT2D eigenvalue weighted by Gasteiger charge is 2.13. The number of amides is 1. The minimum atomic E-state index is -0.520. The van der Waals surface area contributed by atoms with Crippen molar-refractivity contribution < 1.29 is 9.18 Å². The average Bonchev–Trinajstić information content (AvgIpc) is 3.17. The third kappa shape index (κ3) is 3.97. The van der Waals surface area contributed by atoms with Gasteiger partial charge in [0.15, 0.2) is 0 Å². The fourth-order valence-corrected chi connectivity index (χ4v) is 2.42. The van der Waals surface area contributed by atoms with Gasteiger partial charge in [-0.15, -0.1) is 5.10 Å². The summed E-state index contributed by atoms with van der Waals surface area (Å²) in [5.74, 6) is -0.827. The largest absolute Gasteiger partial charge is 0.362 e. The van der Waals surface area contributed by atoms with Gasteiger partial charge in [0, 0.05) is 12.2 Å². The Bertz CT molecular complexity index is 838. The first-order chi connectivity index (χ1) is 12.2. The van der Waals surface area contributed by atoms with Crippen LogP contribution in [0.3, 0.4) is 0 Å². The van der Waals surface area contributed by atoms with E-state index < -0.39 is 5.82 Å². The molecule has 1 amide bonds. The number of halogens is 1. The first-order valence-corrected chi connectivity index (χ1v) is 7.80. The van der Waals surface area contributed by atoms with Crippen LogP contribution in [0.1, 0.15) is 6.92 Å². The Labute approximate surface area is 144 Å². The topological polar surface area (TPSA) is 75.9 Å². The number of nitrogens with zero attached hydrogens (tertiary/aromatic N) is 5. The molecule has 0 saturated carbocycles. The average molecular weight is 340 g/mol. The molecule has 7 nitrogen and oxygen atoms in total. The van der Waals surface area contributed by atoms with E-state index in [4.69, 9.17) is 0 Å². The highest BCUT2D eigenvalue weighted by Crippen LogP contribution is 2.19. The van der Waals surface area contributed by atoms with E-state index in [-0.39, 0.29) is 18.1 Å². The monoisotopic (exact) mass is 340 g/mol. The molecule has 0 aliphatic carbocycles. The van der Waals surface area contributed by atoms with E-state index in [9.17, 15) is 9.18 Å². The number of aromatic nitrogens is 4. The summed E-state index contributed by atoms with van der Waals surface area (Å²) in [7, 11) is 0. The van der Waals surface area contributed by atoms with E-state index >= 15 is 0 Å². The molecule has 0 radical (unpaired) electrons. The number of hydrogen-bond acceptors (Lipinski definition) is 5. The van der Waals surface area contributed by atoms with Crippen LogP contribution in [0.25, 0.3) is 5.69 Å². The lowest BCUT2D eigenvalue weighted by molar-refractivity contribution is -0.115. The molecule has 0 fully saturated rings. The Morgan fingerprint density at radius 1 is 1.24 bits per heavy atom. The molecule has 3 rings (SSSR count). The van der Waals surface area contributed by atoms with Crippen LogP contribution in [0.15, 0.2) is 54.9 Å². The van der Waals surface area contributed by atoms with Gasteiger partial charge in [0.1, 0.15) is 12.1 Å². The molecule has 3 aromatic rings. The van der Waals surface area contributed by atoms with Crippen molar-refractivity contribution in [3.63, 3.8) is 0 Å². The maximum atomic E-state index is 14.0. The lowest BCUT2D eigenvalue weighted by Gasteiger charge is -2.22. The summed E-state index contributed by atoms with van der Waals surface area (Å²) in [6.45, 7) is 2.73. The van der Waals surface area contributed by atoms with E-state index in [2.05, 4.69) is 20.8 Å². The Morgan fingerprint density at radius 2 is 2.04 bits per heavy atom. The molecule has 25 heavy (non-hydrogen) atoms. The molecule has 0 atom stereocenters. The molecular weight excluding hydrogens is 323 g/mol. The minimum Gasteiger partial charge on any atom is -0.362 e. The summed E-state index contributed by atoms with van der Waals surface area (Å²) in [5.41, 5.74) is 1.57. The van der Waals surface area contributed by atoms with E-state index in [1.807, 2.05) is 42.2 Å².